The molecule has 0 amide bonds. The second-order valence-corrected chi connectivity index (χ2v) is 4.15. The first-order valence-electron chi connectivity index (χ1n) is 4.75. The van der Waals surface area contributed by atoms with Gasteiger partial charge in [0, 0.05) is 7.11 Å². The van der Waals surface area contributed by atoms with Gasteiger partial charge in [-0.2, -0.15) is 0 Å². The van der Waals surface area contributed by atoms with Crippen molar-refractivity contribution >= 4 is 15.9 Å². The normalized spacial score (nSPS) is 12.8. The highest BCUT2D eigenvalue weighted by Crippen LogP contribution is 2.21. The highest BCUT2D eigenvalue weighted by molar-refractivity contribution is 9.10. The van der Waals surface area contributed by atoms with Crippen LogP contribution in [0.25, 0.3) is 0 Å². The van der Waals surface area contributed by atoms with Crippen LogP contribution in [0, 0.1) is 5.82 Å². The molecular formula is C11H14BrFO2. The van der Waals surface area contributed by atoms with Crippen molar-refractivity contribution in [3.05, 3.63) is 34.1 Å². The van der Waals surface area contributed by atoms with E-state index in [1.54, 1.807) is 13.2 Å². The second-order valence-electron chi connectivity index (χ2n) is 3.36. The van der Waals surface area contributed by atoms with E-state index in [0.29, 0.717) is 23.9 Å². The summed E-state index contributed by atoms with van der Waals surface area (Å²) in [7, 11) is 1.54. The number of rotatable bonds is 5. The summed E-state index contributed by atoms with van der Waals surface area (Å²) in [5.41, 5.74) is 0.866. The summed E-state index contributed by atoms with van der Waals surface area (Å²) in [6.07, 6.45) is 0.698. The summed E-state index contributed by atoms with van der Waals surface area (Å²) in [6, 6.07) is 4.91. The van der Waals surface area contributed by atoms with Gasteiger partial charge in [0.2, 0.25) is 0 Å². The fourth-order valence-corrected chi connectivity index (χ4v) is 1.80. The van der Waals surface area contributed by atoms with Crippen molar-refractivity contribution in [2.45, 2.75) is 18.9 Å². The van der Waals surface area contributed by atoms with Gasteiger partial charge in [-0.3, -0.25) is 0 Å². The quantitative estimate of drug-likeness (QED) is 0.896. The molecule has 84 valence electrons. The Morgan fingerprint density at radius 1 is 1.53 bits per heavy atom. The smallest absolute Gasteiger partial charge is 0.137 e. The molecule has 0 saturated carbocycles. The Hall–Kier alpha value is -0.450. The number of ether oxygens (including phenoxy) is 1. The van der Waals surface area contributed by atoms with Crippen LogP contribution in [0.1, 0.15) is 12.0 Å². The Labute approximate surface area is 97.2 Å². The molecule has 0 aliphatic heterocycles. The Bertz CT molecular complexity index is 317. The predicted molar refractivity (Wildman–Crippen MR) is 60.3 cm³/mol. The summed E-state index contributed by atoms with van der Waals surface area (Å²) < 4.78 is 18.4. The van der Waals surface area contributed by atoms with E-state index in [0.717, 1.165) is 5.56 Å². The van der Waals surface area contributed by atoms with Gasteiger partial charge in [-0.05, 0) is 40.4 Å². The lowest BCUT2D eigenvalue weighted by Gasteiger charge is -2.10. The first-order chi connectivity index (χ1) is 7.15. The number of hydrogen-bond donors (Lipinski definition) is 1. The molecule has 2 nitrogen and oxygen atoms in total. The number of aryl methyl sites for hydroxylation is 1. The number of aliphatic hydroxyl groups excluding tert-OH is 1. The maximum absolute atomic E-state index is 13.1. The molecule has 0 fully saturated rings. The molecule has 4 heteroatoms. The minimum absolute atomic E-state index is 0.270. The van der Waals surface area contributed by atoms with Gasteiger partial charge in [0.15, 0.2) is 0 Å². The van der Waals surface area contributed by atoms with Crippen LogP contribution in [0.4, 0.5) is 4.39 Å². The van der Waals surface area contributed by atoms with Crippen molar-refractivity contribution in [3.63, 3.8) is 0 Å². The molecule has 1 unspecified atom stereocenters. The molecule has 0 aliphatic carbocycles. The van der Waals surface area contributed by atoms with Crippen LogP contribution in [0.3, 0.4) is 0 Å². The summed E-state index contributed by atoms with van der Waals surface area (Å²) in [5.74, 6) is -0.270. The van der Waals surface area contributed by atoms with Gasteiger partial charge in [0.1, 0.15) is 5.82 Å². The fraction of sp³-hybridized carbons (Fsp3) is 0.455. The van der Waals surface area contributed by atoms with E-state index >= 15 is 0 Å². The molecule has 1 N–H and O–H groups in total. The number of hydrogen-bond acceptors (Lipinski definition) is 2. The maximum Gasteiger partial charge on any atom is 0.137 e. The van der Waals surface area contributed by atoms with Crippen LogP contribution in [0.5, 0.6) is 0 Å². The van der Waals surface area contributed by atoms with Crippen molar-refractivity contribution in [2.75, 3.05) is 13.7 Å². The highest BCUT2D eigenvalue weighted by Gasteiger charge is 2.08. The van der Waals surface area contributed by atoms with E-state index in [9.17, 15) is 9.50 Å². The van der Waals surface area contributed by atoms with Gasteiger partial charge in [-0.25, -0.2) is 4.39 Å². The molecular weight excluding hydrogens is 263 g/mol. The molecule has 0 radical (unpaired) electrons. The van der Waals surface area contributed by atoms with Gasteiger partial charge in [0.25, 0.3) is 0 Å². The topological polar surface area (TPSA) is 29.5 Å². The molecule has 1 aromatic carbocycles. The lowest BCUT2D eigenvalue weighted by atomic mass is 10.1. The van der Waals surface area contributed by atoms with Crippen LogP contribution in [0.15, 0.2) is 22.7 Å². The summed E-state index contributed by atoms with van der Waals surface area (Å²) in [5, 5.41) is 9.44. The Balaban J connectivity index is 2.54. The van der Waals surface area contributed by atoms with E-state index in [-0.39, 0.29) is 5.82 Å². The number of benzene rings is 1. The van der Waals surface area contributed by atoms with E-state index in [4.69, 9.17) is 4.74 Å². The maximum atomic E-state index is 13.1. The third-order valence-corrected chi connectivity index (χ3v) is 3.03. The van der Waals surface area contributed by atoms with E-state index < -0.39 is 6.10 Å². The van der Waals surface area contributed by atoms with E-state index in [2.05, 4.69) is 15.9 Å². The fourth-order valence-electron chi connectivity index (χ4n) is 1.34. The van der Waals surface area contributed by atoms with Crippen LogP contribution in [0.2, 0.25) is 0 Å². The highest BCUT2D eigenvalue weighted by atomic mass is 79.9. The predicted octanol–water partition coefficient (Wildman–Crippen LogP) is 2.53. The van der Waals surface area contributed by atoms with Crippen LogP contribution < -0.4 is 0 Å². The van der Waals surface area contributed by atoms with E-state index in [1.165, 1.54) is 6.07 Å². The summed E-state index contributed by atoms with van der Waals surface area (Å²) in [4.78, 5) is 0. The average molecular weight is 277 g/mol. The molecule has 0 aromatic heterocycles. The molecule has 0 saturated heterocycles. The Morgan fingerprint density at radius 2 is 2.27 bits per heavy atom. The molecule has 0 heterocycles. The third kappa shape index (κ3) is 3.89. The minimum atomic E-state index is -0.495. The minimum Gasteiger partial charge on any atom is -0.391 e. The third-order valence-electron chi connectivity index (χ3n) is 2.14. The monoisotopic (exact) mass is 276 g/mol. The molecule has 0 bridgehead atoms. The molecule has 1 rings (SSSR count). The average Bonchev–Trinajstić information content (AvgIpc) is 2.21. The van der Waals surface area contributed by atoms with E-state index in [1.807, 2.05) is 6.07 Å². The van der Waals surface area contributed by atoms with Crippen molar-refractivity contribution in [2.24, 2.45) is 0 Å². The van der Waals surface area contributed by atoms with Crippen molar-refractivity contribution in [1.29, 1.82) is 0 Å². The zero-order valence-electron chi connectivity index (χ0n) is 8.54. The van der Waals surface area contributed by atoms with Gasteiger partial charge >= 0.3 is 0 Å². The van der Waals surface area contributed by atoms with Gasteiger partial charge in [-0.1, -0.05) is 12.1 Å². The lowest BCUT2D eigenvalue weighted by Crippen LogP contribution is -2.14. The van der Waals surface area contributed by atoms with Crippen LogP contribution >= 0.6 is 15.9 Å². The SMILES string of the molecule is COCC(O)CCc1cccc(F)c1Br. The number of halogens is 2. The zero-order chi connectivity index (χ0) is 11.3. The van der Waals surface area contributed by atoms with Crippen molar-refractivity contribution in [3.8, 4) is 0 Å². The molecule has 0 aliphatic rings. The number of aliphatic hydroxyl groups is 1. The Morgan fingerprint density at radius 3 is 2.93 bits per heavy atom. The van der Waals surface area contributed by atoms with Gasteiger partial charge < -0.3 is 9.84 Å². The van der Waals surface area contributed by atoms with Crippen LogP contribution in [-0.2, 0) is 11.2 Å². The summed E-state index contributed by atoms with van der Waals surface area (Å²) >= 11 is 3.18. The molecule has 0 spiro atoms. The first-order valence-corrected chi connectivity index (χ1v) is 5.54. The summed E-state index contributed by atoms with van der Waals surface area (Å²) in [6.45, 7) is 0.312. The molecule has 1 atom stereocenters. The second kappa shape index (κ2) is 6.20. The number of methoxy groups -OCH3 is 1. The zero-order valence-corrected chi connectivity index (χ0v) is 10.1. The largest absolute Gasteiger partial charge is 0.391 e. The van der Waals surface area contributed by atoms with Gasteiger partial charge in [-0.15, -0.1) is 0 Å². The molecule has 1 aromatic rings. The van der Waals surface area contributed by atoms with Gasteiger partial charge in [0.05, 0.1) is 17.2 Å². The van der Waals surface area contributed by atoms with Crippen molar-refractivity contribution < 1.29 is 14.2 Å². The standard InChI is InChI=1S/C11H14BrFO2/c1-15-7-9(14)6-5-8-3-2-4-10(13)11(8)12/h2-4,9,14H,5-7H2,1H3. The Kier molecular flexibility index (Phi) is 5.22. The molecule has 15 heavy (non-hydrogen) atoms. The lowest BCUT2D eigenvalue weighted by molar-refractivity contribution is 0.0595. The van der Waals surface area contributed by atoms with Crippen molar-refractivity contribution in [1.82, 2.24) is 0 Å². The van der Waals surface area contributed by atoms with Crippen LogP contribution in [-0.4, -0.2) is 24.9 Å². The first kappa shape index (κ1) is 12.6.